The minimum atomic E-state index is -0.651. The number of aliphatic hydroxyl groups excluding tert-OH is 1. The van der Waals surface area contributed by atoms with Crippen molar-refractivity contribution in [3.8, 4) is 5.75 Å². The van der Waals surface area contributed by atoms with Crippen LogP contribution < -0.4 is 15.8 Å². The zero-order valence-electron chi connectivity index (χ0n) is 20.7. The Bertz CT molecular complexity index is 1370. The molecule has 1 fully saturated rings. The van der Waals surface area contributed by atoms with Crippen LogP contribution >= 0.6 is 23.2 Å². The Labute approximate surface area is 228 Å². The van der Waals surface area contributed by atoms with E-state index in [2.05, 4.69) is 15.5 Å². The van der Waals surface area contributed by atoms with Gasteiger partial charge in [0, 0.05) is 46.4 Å². The summed E-state index contributed by atoms with van der Waals surface area (Å²) in [5.41, 5.74) is 6.46. The molecule has 4 N–H and O–H groups in total. The topological polar surface area (TPSA) is 131 Å². The van der Waals surface area contributed by atoms with Gasteiger partial charge in [-0.2, -0.15) is 0 Å². The van der Waals surface area contributed by atoms with Crippen LogP contribution in [-0.4, -0.2) is 51.2 Å². The van der Waals surface area contributed by atoms with Crippen LogP contribution in [0.25, 0.3) is 0 Å². The summed E-state index contributed by atoms with van der Waals surface area (Å²) in [5, 5.41) is 20.4. The maximum Gasteiger partial charge on any atom is 0.276 e. The molecule has 1 aliphatic heterocycles. The Hall–Kier alpha value is -3.47. The third kappa shape index (κ3) is 5.98. The van der Waals surface area contributed by atoms with Gasteiger partial charge in [-0.1, -0.05) is 37.0 Å². The number of likely N-dealkylation sites (tertiary alicyclic amines) is 1. The monoisotopic (exact) mass is 561 g/mol. The van der Waals surface area contributed by atoms with Crippen molar-refractivity contribution in [3.63, 3.8) is 0 Å². The third-order valence-corrected chi connectivity index (χ3v) is 7.14. The lowest BCUT2D eigenvalue weighted by Crippen LogP contribution is -2.50. The first kappa shape index (κ1) is 27.6. The maximum absolute atomic E-state index is 13.8. The zero-order chi connectivity index (χ0) is 27.6. The van der Waals surface area contributed by atoms with E-state index in [-0.39, 0.29) is 50.8 Å². The summed E-state index contributed by atoms with van der Waals surface area (Å²) in [4.78, 5) is 27.4. The van der Waals surface area contributed by atoms with E-state index in [1.807, 2.05) is 13.8 Å². The first-order valence-electron chi connectivity index (χ1n) is 11.7. The van der Waals surface area contributed by atoms with E-state index in [1.54, 1.807) is 29.2 Å². The van der Waals surface area contributed by atoms with Gasteiger partial charge in [-0.25, -0.2) is 4.39 Å². The van der Waals surface area contributed by atoms with Gasteiger partial charge in [0.1, 0.15) is 12.4 Å². The molecule has 12 heteroatoms. The first-order chi connectivity index (χ1) is 18.0. The van der Waals surface area contributed by atoms with Crippen LogP contribution in [0.5, 0.6) is 5.75 Å². The molecule has 9 nitrogen and oxygen atoms in total. The summed E-state index contributed by atoms with van der Waals surface area (Å²) in [6.45, 7) is 4.56. The highest BCUT2D eigenvalue weighted by atomic mass is 35.5. The Morgan fingerprint density at radius 2 is 1.92 bits per heavy atom. The predicted octanol–water partition coefficient (Wildman–Crippen LogP) is 4.57. The second-order valence-corrected chi connectivity index (χ2v) is 10.4. The smallest absolute Gasteiger partial charge is 0.276 e. The first-order valence-corrected chi connectivity index (χ1v) is 12.5. The van der Waals surface area contributed by atoms with Crippen LogP contribution in [-0.2, 0) is 6.61 Å². The number of rotatable bonds is 6. The molecule has 1 unspecified atom stereocenters. The second-order valence-electron chi connectivity index (χ2n) is 9.64. The number of ether oxygens (including phenoxy) is 1. The lowest BCUT2D eigenvalue weighted by molar-refractivity contribution is -0.0182. The summed E-state index contributed by atoms with van der Waals surface area (Å²) >= 11 is 12.1. The van der Waals surface area contributed by atoms with Crippen LogP contribution in [0, 0.1) is 11.2 Å². The molecule has 2 amide bonds. The van der Waals surface area contributed by atoms with Gasteiger partial charge in [-0.15, -0.1) is 10.2 Å². The number of aliphatic hydroxyl groups is 1. The van der Waals surface area contributed by atoms with Crippen molar-refractivity contribution in [2.45, 2.75) is 33.0 Å². The molecule has 2 heterocycles. The molecule has 0 radical (unpaired) electrons. The van der Waals surface area contributed by atoms with Gasteiger partial charge >= 0.3 is 0 Å². The number of anilines is 2. The Balaban J connectivity index is 1.41. The van der Waals surface area contributed by atoms with Crippen LogP contribution in [0.2, 0.25) is 10.0 Å². The average molecular weight is 562 g/mol. The number of aromatic nitrogens is 2. The van der Waals surface area contributed by atoms with E-state index in [1.165, 1.54) is 12.1 Å². The van der Waals surface area contributed by atoms with Crippen molar-refractivity contribution in [1.82, 2.24) is 15.1 Å². The molecule has 1 aromatic heterocycles. The number of amides is 2. The van der Waals surface area contributed by atoms with Gasteiger partial charge in [0.15, 0.2) is 17.3 Å². The van der Waals surface area contributed by atoms with E-state index in [0.29, 0.717) is 30.8 Å². The van der Waals surface area contributed by atoms with Gasteiger partial charge in [0.05, 0.1) is 11.1 Å². The molecule has 2 aromatic carbocycles. The van der Waals surface area contributed by atoms with Crippen LogP contribution in [0.3, 0.4) is 0 Å². The Morgan fingerprint density at radius 1 is 1.21 bits per heavy atom. The van der Waals surface area contributed by atoms with E-state index in [9.17, 15) is 19.1 Å². The molecule has 1 atom stereocenters. The minimum Gasteiger partial charge on any atom is -0.485 e. The molecule has 4 rings (SSSR count). The van der Waals surface area contributed by atoms with Crippen molar-refractivity contribution in [3.05, 3.63) is 75.1 Å². The summed E-state index contributed by atoms with van der Waals surface area (Å²) in [6.07, 6.45) is 0.0622. The summed E-state index contributed by atoms with van der Waals surface area (Å²) in [7, 11) is 0. The number of halogens is 3. The zero-order valence-corrected chi connectivity index (χ0v) is 22.2. The highest BCUT2D eigenvalue weighted by Crippen LogP contribution is 2.31. The van der Waals surface area contributed by atoms with E-state index in [0.717, 1.165) is 6.07 Å². The summed E-state index contributed by atoms with van der Waals surface area (Å²) in [5.74, 6) is -1.43. The molecule has 0 aliphatic carbocycles. The number of carbonyl (C=O) groups is 2. The van der Waals surface area contributed by atoms with Gasteiger partial charge in [-0.05, 0) is 42.8 Å². The normalized spacial score (nSPS) is 16.7. The van der Waals surface area contributed by atoms with Crippen molar-refractivity contribution in [1.29, 1.82) is 0 Å². The highest BCUT2D eigenvalue weighted by Gasteiger charge is 2.36. The van der Waals surface area contributed by atoms with Gasteiger partial charge < -0.3 is 25.8 Å². The molecular formula is C26H26Cl2FN5O4. The Morgan fingerprint density at radius 3 is 2.61 bits per heavy atom. The lowest BCUT2D eigenvalue weighted by Gasteiger charge is -2.41. The third-order valence-electron chi connectivity index (χ3n) is 6.38. The number of carbonyl (C=O) groups excluding carboxylic acids is 2. The molecule has 0 saturated carbocycles. The number of benzene rings is 2. The summed E-state index contributed by atoms with van der Waals surface area (Å²) in [6, 6.07) is 10.2. The van der Waals surface area contributed by atoms with Crippen molar-refractivity contribution >= 4 is 46.5 Å². The minimum absolute atomic E-state index is 0.0389. The molecule has 1 saturated heterocycles. The number of nitrogens with two attached hydrogens (primary N) is 1. The maximum atomic E-state index is 13.8. The van der Waals surface area contributed by atoms with Gasteiger partial charge in [0.2, 0.25) is 0 Å². The van der Waals surface area contributed by atoms with Crippen LogP contribution in [0.1, 0.15) is 46.7 Å². The molecule has 0 spiro atoms. The van der Waals surface area contributed by atoms with Crippen LogP contribution in [0.4, 0.5) is 15.9 Å². The fourth-order valence-corrected chi connectivity index (χ4v) is 4.53. The SMILES string of the molecule is CC1(C)CN(C(=O)c2ccc(NC(=O)c3cc(OCc4c(Cl)ccc(F)c4Cl)c(N)nn3)cc2)CCC1O. The number of nitrogen functional groups attached to an aromatic ring is 1. The Kier molecular flexibility index (Phi) is 8.05. The van der Waals surface area contributed by atoms with Crippen molar-refractivity contribution in [2.75, 3.05) is 24.1 Å². The largest absolute Gasteiger partial charge is 0.485 e. The number of piperidine rings is 1. The van der Waals surface area contributed by atoms with E-state index < -0.39 is 17.8 Å². The molecular weight excluding hydrogens is 536 g/mol. The summed E-state index contributed by atoms with van der Waals surface area (Å²) < 4.78 is 19.4. The fourth-order valence-electron chi connectivity index (χ4n) is 4.05. The molecule has 3 aromatic rings. The molecule has 38 heavy (non-hydrogen) atoms. The van der Waals surface area contributed by atoms with E-state index in [4.69, 9.17) is 33.7 Å². The second kappa shape index (κ2) is 11.1. The number of hydrogen-bond donors (Lipinski definition) is 3. The van der Waals surface area contributed by atoms with Crippen molar-refractivity contribution in [2.24, 2.45) is 5.41 Å². The molecule has 0 bridgehead atoms. The number of nitrogens with zero attached hydrogens (tertiary/aromatic N) is 3. The average Bonchev–Trinajstić information content (AvgIpc) is 2.88. The quantitative estimate of drug-likeness (QED) is 0.375. The highest BCUT2D eigenvalue weighted by molar-refractivity contribution is 6.36. The molecule has 1 aliphatic rings. The van der Waals surface area contributed by atoms with Crippen LogP contribution in [0.15, 0.2) is 42.5 Å². The van der Waals surface area contributed by atoms with Gasteiger partial charge in [0.25, 0.3) is 11.8 Å². The van der Waals surface area contributed by atoms with E-state index >= 15 is 0 Å². The fraction of sp³-hybridized carbons (Fsp3) is 0.308. The predicted molar refractivity (Wildman–Crippen MR) is 142 cm³/mol. The standard InChI is InChI=1S/C26H26Cl2FN5O4/c1-26(2)13-34(10-9-21(26)35)25(37)14-3-5-15(6-4-14)31-24(36)19-11-20(23(30)33-32-19)38-12-16-17(27)7-8-18(29)22(16)28/h3-8,11,21,35H,9-10,12-13H2,1-2H3,(H2,30,33)(H,31,36). The lowest BCUT2D eigenvalue weighted by atomic mass is 9.81. The number of hydrogen-bond acceptors (Lipinski definition) is 7. The van der Waals surface area contributed by atoms with Gasteiger partial charge in [-0.3, -0.25) is 9.59 Å². The van der Waals surface area contributed by atoms with Crippen molar-refractivity contribution < 1.29 is 23.8 Å². The molecule has 200 valence electrons. The number of nitrogens with one attached hydrogen (secondary N) is 1.